The quantitative estimate of drug-likeness (QED) is 0.746. The van der Waals surface area contributed by atoms with Crippen LogP contribution in [0.15, 0.2) is 28.7 Å². The first-order chi connectivity index (χ1) is 7.33. The van der Waals surface area contributed by atoms with E-state index in [1.165, 1.54) is 0 Å². The summed E-state index contributed by atoms with van der Waals surface area (Å²) in [5.41, 5.74) is 1.14. The number of methoxy groups -OCH3 is 1. The number of hydrogen-bond acceptors (Lipinski definition) is 3. The molecule has 0 atom stereocenters. The van der Waals surface area contributed by atoms with E-state index in [0.717, 1.165) is 36.4 Å². The van der Waals surface area contributed by atoms with Crippen LogP contribution in [-0.4, -0.2) is 33.4 Å². The number of anilines is 1. The van der Waals surface area contributed by atoms with E-state index in [4.69, 9.17) is 4.74 Å². The van der Waals surface area contributed by atoms with Gasteiger partial charge in [-0.25, -0.2) is 0 Å². The third kappa shape index (κ3) is 5.77. The predicted molar refractivity (Wildman–Crippen MR) is 67.4 cm³/mol. The highest BCUT2D eigenvalue weighted by Crippen LogP contribution is 2.14. The van der Waals surface area contributed by atoms with Crippen molar-refractivity contribution < 1.29 is 4.74 Å². The summed E-state index contributed by atoms with van der Waals surface area (Å²) in [5, 5.41) is 6.60. The molecule has 0 heterocycles. The van der Waals surface area contributed by atoms with Crippen molar-refractivity contribution in [3.63, 3.8) is 0 Å². The van der Waals surface area contributed by atoms with Crippen LogP contribution in [-0.2, 0) is 4.74 Å². The number of rotatable bonds is 7. The molecule has 0 radical (unpaired) electrons. The van der Waals surface area contributed by atoms with E-state index in [-0.39, 0.29) is 0 Å². The largest absolute Gasteiger partial charge is 0.384 e. The van der Waals surface area contributed by atoms with Gasteiger partial charge in [0, 0.05) is 36.9 Å². The first-order valence-electron chi connectivity index (χ1n) is 5.02. The van der Waals surface area contributed by atoms with Crippen LogP contribution in [0.4, 0.5) is 5.69 Å². The highest BCUT2D eigenvalue weighted by atomic mass is 79.9. The lowest BCUT2D eigenvalue weighted by molar-refractivity contribution is 0.200. The van der Waals surface area contributed by atoms with E-state index in [2.05, 4.69) is 38.7 Å². The highest BCUT2D eigenvalue weighted by Gasteiger charge is 1.92. The second kappa shape index (κ2) is 7.68. The molecule has 0 saturated heterocycles. The zero-order chi connectivity index (χ0) is 10.9. The summed E-state index contributed by atoms with van der Waals surface area (Å²) in [6.07, 6.45) is 0. The minimum absolute atomic E-state index is 0.761. The summed E-state index contributed by atoms with van der Waals surface area (Å²) >= 11 is 3.43. The Morgan fingerprint density at radius 3 is 2.87 bits per heavy atom. The van der Waals surface area contributed by atoms with Gasteiger partial charge in [-0.15, -0.1) is 0 Å². The number of hydrogen-bond donors (Lipinski definition) is 2. The average molecular weight is 273 g/mol. The average Bonchev–Trinajstić information content (AvgIpc) is 2.23. The maximum atomic E-state index is 4.93. The van der Waals surface area contributed by atoms with E-state index in [1.807, 2.05) is 12.1 Å². The van der Waals surface area contributed by atoms with E-state index in [9.17, 15) is 0 Å². The van der Waals surface area contributed by atoms with Crippen molar-refractivity contribution in [2.24, 2.45) is 0 Å². The summed E-state index contributed by atoms with van der Waals surface area (Å²) in [7, 11) is 1.71. The van der Waals surface area contributed by atoms with Crippen molar-refractivity contribution in [2.45, 2.75) is 0 Å². The van der Waals surface area contributed by atoms with Crippen molar-refractivity contribution in [3.8, 4) is 0 Å². The molecule has 2 N–H and O–H groups in total. The Morgan fingerprint density at radius 2 is 2.13 bits per heavy atom. The smallest absolute Gasteiger partial charge is 0.0587 e. The first kappa shape index (κ1) is 12.5. The van der Waals surface area contributed by atoms with Gasteiger partial charge in [-0.1, -0.05) is 22.0 Å². The summed E-state index contributed by atoms with van der Waals surface area (Å²) in [6.45, 7) is 3.52. The molecule has 1 rings (SSSR count). The van der Waals surface area contributed by atoms with Crippen molar-refractivity contribution in [3.05, 3.63) is 28.7 Å². The Morgan fingerprint density at radius 1 is 1.27 bits per heavy atom. The molecule has 0 bridgehead atoms. The van der Waals surface area contributed by atoms with Gasteiger partial charge in [0.25, 0.3) is 0 Å². The van der Waals surface area contributed by atoms with Gasteiger partial charge in [-0.3, -0.25) is 0 Å². The Balaban J connectivity index is 2.10. The lowest BCUT2D eigenvalue weighted by atomic mass is 10.3. The van der Waals surface area contributed by atoms with E-state index in [0.29, 0.717) is 0 Å². The fourth-order valence-electron chi connectivity index (χ4n) is 1.19. The predicted octanol–water partition coefficient (Wildman–Crippen LogP) is 2.10. The zero-order valence-corrected chi connectivity index (χ0v) is 10.5. The molecule has 0 amide bonds. The normalized spacial score (nSPS) is 10.3. The van der Waals surface area contributed by atoms with Gasteiger partial charge >= 0.3 is 0 Å². The molecule has 0 unspecified atom stereocenters. The molecular formula is C11H17BrN2O. The highest BCUT2D eigenvalue weighted by molar-refractivity contribution is 9.10. The fraction of sp³-hybridized carbons (Fsp3) is 0.455. The molecule has 3 nitrogen and oxygen atoms in total. The second-order valence-electron chi connectivity index (χ2n) is 3.18. The van der Waals surface area contributed by atoms with Gasteiger partial charge < -0.3 is 15.4 Å². The van der Waals surface area contributed by atoms with Crippen LogP contribution in [0.25, 0.3) is 0 Å². The number of benzene rings is 1. The summed E-state index contributed by atoms with van der Waals surface area (Å²) in [6, 6.07) is 8.15. The van der Waals surface area contributed by atoms with Gasteiger partial charge in [0.15, 0.2) is 0 Å². The lowest BCUT2D eigenvalue weighted by Gasteiger charge is -2.07. The van der Waals surface area contributed by atoms with Gasteiger partial charge in [0.05, 0.1) is 6.61 Å². The maximum Gasteiger partial charge on any atom is 0.0587 e. The third-order valence-corrected chi connectivity index (χ3v) is 2.43. The van der Waals surface area contributed by atoms with E-state index < -0.39 is 0 Å². The molecule has 0 aliphatic heterocycles. The summed E-state index contributed by atoms with van der Waals surface area (Å²) in [5.74, 6) is 0. The van der Waals surface area contributed by atoms with Crippen LogP contribution in [0.3, 0.4) is 0 Å². The van der Waals surface area contributed by atoms with Crippen molar-refractivity contribution >= 4 is 21.6 Å². The SMILES string of the molecule is COCCNCCNc1cccc(Br)c1. The van der Waals surface area contributed by atoms with Crippen LogP contribution in [0, 0.1) is 0 Å². The molecule has 1 aromatic rings. The standard InChI is InChI=1S/C11H17BrN2O/c1-15-8-7-13-5-6-14-11-4-2-3-10(12)9-11/h2-4,9,13-14H,5-8H2,1H3. The van der Waals surface area contributed by atoms with Gasteiger partial charge in [-0.2, -0.15) is 0 Å². The first-order valence-corrected chi connectivity index (χ1v) is 5.81. The molecule has 4 heteroatoms. The molecule has 1 aromatic carbocycles. The second-order valence-corrected chi connectivity index (χ2v) is 4.10. The molecule has 0 aliphatic rings. The van der Waals surface area contributed by atoms with Crippen LogP contribution in [0.1, 0.15) is 0 Å². The molecule has 0 aliphatic carbocycles. The van der Waals surface area contributed by atoms with Crippen molar-refractivity contribution in [1.82, 2.24) is 5.32 Å². The Hall–Kier alpha value is -0.580. The van der Waals surface area contributed by atoms with Crippen LogP contribution in [0.5, 0.6) is 0 Å². The topological polar surface area (TPSA) is 33.3 Å². The Labute approximate surface area is 99.3 Å². The lowest BCUT2D eigenvalue weighted by Crippen LogP contribution is -2.25. The van der Waals surface area contributed by atoms with Crippen molar-refractivity contribution in [1.29, 1.82) is 0 Å². The van der Waals surface area contributed by atoms with Gasteiger partial charge in [0.2, 0.25) is 0 Å². The van der Waals surface area contributed by atoms with Crippen LogP contribution >= 0.6 is 15.9 Å². The minimum atomic E-state index is 0.761. The summed E-state index contributed by atoms with van der Waals surface area (Å²) < 4.78 is 6.03. The molecule has 0 aromatic heterocycles. The zero-order valence-electron chi connectivity index (χ0n) is 8.92. The number of ether oxygens (including phenoxy) is 1. The van der Waals surface area contributed by atoms with Crippen LogP contribution < -0.4 is 10.6 Å². The third-order valence-electron chi connectivity index (χ3n) is 1.94. The van der Waals surface area contributed by atoms with E-state index >= 15 is 0 Å². The van der Waals surface area contributed by atoms with Gasteiger partial charge in [-0.05, 0) is 18.2 Å². The van der Waals surface area contributed by atoms with Gasteiger partial charge in [0.1, 0.15) is 0 Å². The molecule has 15 heavy (non-hydrogen) atoms. The summed E-state index contributed by atoms with van der Waals surface area (Å²) in [4.78, 5) is 0. The molecule has 84 valence electrons. The molecule has 0 spiro atoms. The minimum Gasteiger partial charge on any atom is -0.384 e. The van der Waals surface area contributed by atoms with Crippen LogP contribution in [0.2, 0.25) is 0 Å². The molecule has 0 saturated carbocycles. The number of nitrogens with one attached hydrogen (secondary N) is 2. The Bertz CT molecular complexity index is 281. The fourth-order valence-corrected chi connectivity index (χ4v) is 1.59. The number of halogens is 1. The molecular weight excluding hydrogens is 256 g/mol. The molecule has 0 fully saturated rings. The monoisotopic (exact) mass is 272 g/mol. The van der Waals surface area contributed by atoms with Crippen molar-refractivity contribution in [2.75, 3.05) is 38.7 Å². The maximum absolute atomic E-state index is 4.93. The van der Waals surface area contributed by atoms with E-state index in [1.54, 1.807) is 7.11 Å². The Kier molecular flexibility index (Phi) is 6.39.